The molecule has 4 nitrogen and oxygen atoms in total. The molecule has 90 valence electrons. The lowest BCUT2D eigenvalue weighted by Gasteiger charge is -2.18. The summed E-state index contributed by atoms with van der Waals surface area (Å²) in [5.74, 6) is -0.365. The number of carbonyl (C=O) groups excluding carboxylic acids is 2. The Morgan fingerprint density at radius 1 is 1.25 bits per heavy atom. The SMILES string of the molecule is C[Si](C)(C)O[SiH2]CCCN1C(=O)C=CC1=O. The van der Waals surface area contributed by atoms with Gasteiger partial charge in [0.25, 0.3) is 11.8 Å². The monoisotopic (exact) mass is 257 g/mol. The molecule has 0 unspecified atom stereocenters. The van der Waals surface area contributed by atoms with E-state index in [2.05, 4.69) is 19.6 Å². The lowest BCUT2D eigenvalue weighted by molar-refractivity contribution is -0.136. The topological polar surface area (TPSA) is 46.6 Å². The maximum absolute atomic E-state index is 11.2. The molecule has 0 fully saturated rings. The van der Waals surface area contributed by atoms with Crippen molar-refractivity contribution in [3.05, 3.63) is 12.2 Å². The molecule has 0 radical (unpaired) electrons. The highest BCUT2D eigenvalue weighted by Gasteiger charge is 2.22. The molecule has 1 heterocycles. The summed E-state index contributed by atoms with van der Waals surface area (Å²) in [6.07, 6.45) is 3.53. The number of carbonyl (C=O) groups is 2. The highest BCUT2D eigenvalue weighted by Crippen LogP contribution is 2.07. The van der Waals surface area contributed by atoms with E-state index in [4.69, 9.17) is 4.12 Å². The van der Waals surface area contributed by atoms with Crippen LogP contribution in [-0.2, 0) is 13.7 Å². The van der Waals surface area contributed by atoms with Crippen molar-refractivity contribution in [3.63, 3.8) is 0 Å². The zero-order chi connectivity index (χ0) is 12.2. The Bertz CT molecular complexity index is 292. The number of nitrogens with zero attached hydrogens (tertiary/aromatic N) is 1. The number of amides is 2. The number of imide groups is 1. The summed E-state index contributed by atoms with van der Waals surface area (Å²) in [5.41, 5.74) is 0. The third-order valence-electron chi connectivity index (χ3n) is 2.21. The lowest BCUT2D eigenvalue weighted by Crippen LogP contribution is -2.31. The van der Waals surface area contributed by atoms with Crippen molar-refractivity contribution in [2.24, 2.45) is 0 Å². The summed E-state index contributed by atoms with van der Waals surface area (Å²) < 4.78 is 5.82. The van der Waals surface area contributed by atoms with E-state index in [1.165, 1.54) is 17.1 Å². The fraction of sp³-hybridized carbons (Fsp3) is 0.600. The maximum Gasteiger partial charge on any atom is 0.253 e. The molecule has 1 aliphatic heterocycles. The van der Waals surface area contributed by atoms with Crippen molar-refractivity contribution >= 4 is 29.9 Å². The Kier molecular flexibility index (Phi) is 4.63. The summed E-state index contributed by atoms with van der Waals surface area (Å²) >= 11 is 0. The third kappa shape index (κ3) is 4.42. The molecule has 6 heteroatoms. The van der Waals surface area contributed by atoms with Gasteiger partial charge >= 0.3 is 0 Å². The van der Waals surface area contributed by atoms with Gasteiger partial charge in [-0.25, -0.2) is 0 Å². The van der Waals surface area contributed by atoms with Gasteiger partial charge in [-0.3, -0.25) is 14.5 Å². The van der Waals surface area contributed by atoms with Crippen LogP contribution in [0.5, 0.6) is 0 Å². The zero-order valence-electron chi connectivity index (χ0n) is 10.2. The van der Waals surface area contributed by atoms with E-state index in [0.29, 0.717) is 6.54 Å². The first-order chi connectivity index (χ1) is 7.40. The first-order valence-electron chi connectivity index (χ1n) is 5.58. The van der Waals surface area contributed by atoms with Gasteiger partial charge < -0.3 is 4.12 Å². The van der Waals surface area contributed by atoms with Gasteiger partial charge in [0.2, 0.25) is 0 Å². The average Bonchev–Trinajstić information content (AvgIpc) is 2.46. The molecule has 2 amide bonds. The van der Waals surface area contributed by atoms with Gasteiger partial charge in [0.15, 0.2) is 8.32 Å². The van der Waals surface area contributed by atoms with Crippen molar-refractivity contribution in [1.82, 2.24) is 4.90 Å². The summed E-state index contributed by atoms with van der Waals surface area (Å²) in [6, 6.07) is 1.03. The third-order valence-corrected chi connectivity index (χ3v) is 7.28. The molecule has 0 spiro atoms. The molecule has 0 N–H and O–H groups in total. The van der Waals surface area contributed by atoms with Crippen molar-refractivity contribution in [1.29, 1.82) is 0 Å². The van der Waals surface area contributed by atoms with Crippen LogP contribution in [0.25, 0.3) is 0 Å². The van der Waals surface area contributed by atoms with Gasteiger partial charge in [-0.15, -0.1) is 0 Å². The van der Waals surface area contributed by atoms with Crippen LogP contribution in [0, 0.1) is 0 Å². The number of hydrogen-bond donors (Lipinski definition) is 0. The Balaban J connectivity index is 2.13. The van der Waals surface area contributed by atoms with Gasteiger partial charge in [-0.1, -0.05) is 0 Å². The minimum absolute atomic E-state index is 0.183. The van der Waals surface area contributed by atoms with Crippen LogP contribution in [0.15, 0.2) is 12.2 Å². The predicted octanol–water partition coefficient (Wildman–Crippen LogP) is 0.655. The van der Waals surface area contributed by atoms with Crippen molar-refractivity contribution in [2.75, 3.05) is 6.54 Å². The van der Waals surface area contributed by atoms with Gasteiger partial charge in [0.1, 0.15) is 9.76 Å². The molecular formula is C10H19NO3Si2. The van der Waals surface area contributed by atoms with E-state index in [9.17, 15) is 9.59 Å². The highest BCUT2D eigenvalue weighted by molar-refractivity contribution is 6.73. The number of rotatable bonds is 6. The normalized spacial score (nSPS) is 17.1. The average molecular weight is 257 g/mol. The van der Waals surface area contributed by atoms with E-state index in [-0.39, 0.29) is 11.8 Å². The second-order valence-electron chi connectivity index (χ2n) is 4.83. The maximum atomic E-state index is 11.2. The summed E-state index contributed by atoms with van der Waals surface area (Å²) in [5, 5.41) is 0. The molecule has 0 saturated heterocycles. The predicted molar refractivity (Wildman–Crippen MR) is 68.3 cm³/mol. The lowest BCUT2D eigenvalue weighted by atomic mass is 10.4. The highest BCUT2D eigenvalue weighted by atomic mass is 28.4. The molecule has 0 aromatic heterocycles. The van der Waals surface area contributed by atoms with Crippen LogP contribution in [0.4, 0.5) is 0 Å². The van der Waals surface area contributed by atoms with E-state index < -0.39 is 18.1 Å². The second-order valence-corrected chi connectivity index (χ2v) is 11.3. The Labute approximate surface area is 99.7 Å². The first-order valence-corrected chi connectivity index (χ1v) is 10.6. The van der Waals surface area contributed by atoms with Crippen LogP contribution in [0.1, 0.15) is 6.42 Å². The Hall–Kier alpha value is -0.726. The van der Waals surface area contributed by atoms with Crippen LogP contribution in [0.3, 0.4) is 0 Å². The minimum atomic E-state index is -1.36. The van der Waals surface area contributed by atoms with Gasteiger partial charge in [0.05, 0.1) is 0 Å². The molecule has 1 rings (SSSR count). The molecule has 0 saturated carbocycles. The Morgan fingerprint density at radius 3 is 2.31 bits per heavy atom. The standard InChI is InChI=1S/C10H19NO3Si2/c1-16(2,3)14-15-8-4-7-11-9(12)5-6-10(11)13/h5-6H,4,7-8,15H2,1-3H3. The smallest absolute Gasteiger partial charge is 0.253 e. The Morgan fingerprint density at radius 2 is 1.81 bits per heavy atom. The summed E-state index contributed by atoms with van der Waals surface area (Å²) in [6.45, 7) is 7.07. The van der Waals surface area contributed by atoms with Crippen molar-refractivity contribution in [2.45, 2.75) is 32.1 Å². The fourth-order valence-corrected chi connectivity index (χ4v) is 4.86. The molecule has 0 aliphatic carbocycles. The van der Waals surface area contributed by atoms with Crippen LogP contribution >= 0.6 is 0 Å². The van der Waals surface area contributed by atoms with Gasteiger partial charge in [0, 0.05) is 18.7 Å². The molecule has 0 bridgehead atoms. The summed E-state index contributed by atoms with van der Waals surface area (Å²) in [7, 11) is -1.84. The molecule has 0 aromatic rings. The van der Waals surface area contributed by atoms with E-state index in [1.54, 1.807) is 0 Å². The van der Waals surface area contributed by atoms with E-state index in [0.717, 1.165) is 12.5 Å². The summed E-state index contributed by atoms with van der Waals surface area (Å²) in [4.78, 5) is 23.7. The van der Waals surface area contributed by atoms with Crippen LogP contribution in [0.2, 0.25) is 25.7 Å². The van der Waals surface area contributed by atoms with Crippen LogP contribution < -0.4 is 0 Å². The van der Waals surface area contributed by atoms with E-state index in [1.807, 2.05) is 0 Å². The van der Waals surface area contributed by atoms with Gasteiger partial charge in [-0.05, 0) is 32.1 Å². The molecule has 1 aliphatic rings. The zero-order valence-corrected chi connectivity index (χ0v) is 12.6. The van der Waals surface area contributed by atoms with Crippen molar-refractivity contribution in [3.8, 4) is 0 Å². The fourth-order valence-electron chi connectivity index (χ4n) is 1.40. The first kappa shape index (κ1) is 13.3. The molecular weight excluding hydrogens is 238 g/mol. The minimum Gasteiger partial charge on any atom is -0.461 e. The van der Waals surface area contributed by atoms with E-state index >= 15 is 0 Å². The second kappa shape index (κ2) is 5.56. The number of hydrogen-bond acceptors (Lipinski definition) is 3. The quantitative estimate of drug-likeness (QED) is 0.399. The molecule has 0 atom stereocenters. The largest absolute Gasteiger partial charge is 0.461 e. The van der Waals surface area contributed by atoms with Crippen molar-refractivity contribution < 1.29 is 13.7 Å². The van der Waals surface area contributed by atoms with Crippen LogP contribution in [-0.4, -0.2) is 41.3 Å². The molecule has 0 aromatic carbocycles. The molecule has 16 heavy (non-hydrogen) atoms. The van der Waals surface area contributed by atoms with Gasteiger partial charge in [-0.2, -0.15) is 0 Å².